The van der Waals surface area contributed by atoms with Crippen LogP contribution in [0.2, 0.25) is 0 Å². The second-order valence-corrected chi connectivity index (χ2v) is 7.20. The molecule has 6 nitrogen and oxygen atoms in total. The summed E-state index contributed by atoms with van der Waals surface area (Å²) in [5.41, 5.74) is -0.545. The van der Waals surface area contributed by atoms with Gasteiger partial charge in [0, 0.05) is 11.6 Å². The minimum absolute atomic E-state index is 0.0747. The second kappa shape index (κ2) is 9.55. The number of hydrogen-bond donors (Lipinski definition) is 0. The summed E-state index contributed by atoms with van der Waals surface area (Å²) in [4.78, 5) is 23.9. The molecule has 31 heavy (non-hydrogen) atoms. The first-order valence-electron chi connectivity index (χ1n) is 9.04. The molecule has 0 fully saturated rings. The van der Waals surface area contributed by atoms with E-state index in [9.17, 15) is 22.8 Å². The Morgan fingerprint density at radius 1 is 0.968 bits per heavy atom. The van der Waals surface area contributed by atoms with Gasteiger partial charge in [0.1, 0.15) is 28.4 Å². The highest BCUT2D eigenvalue weighted by atomic mass is 19.4. The van der Waals surface area contributed by atoms with E-state index in [2.05, 4.69) is 4.74 Å². The zero-order valence-electron chi connectivity index (χ0n) is 17.3. The molecule has 0 aliphatic heterocycles. The molecule has 0 saturated heterocycles. The Bertz CT molecular complexity index is 974. The number of rotatable bonds is 6. The van der Waals surface area contributed by atoms with Gasteiger partial charge in [0.2, 0.25) is 0 Å². The van der Waals surface area contributed by atoms with E-state index in [0.29, 0.717) is 0 Å². The van der Waals surface area contributed by atoms with Crippen molar-refractivity contribution in [1.29, 1.82) is 0 Å². The van der Waals surface area contributed by atoms with Crippen molar-refractivity contribution in [3.63, 3.8) is 0 Å². The summed E-state index contributed by atoms with van der Waals surface area (Å²) in [7, 11) is 1.21. The highest BCUT2D eigenvalue weighted by molar-refractivity contribution is 5.92. The van der Waals surface area contributed by atoms with E-state index in [1.165, 1.54) is 31.4 Å². The van der Waals surface area contributed by atoms with Crippen molar-refractivity contribution < 1.29 is 41.7 Å². The number of benzene rings is 2. The fourth-order valence-corrected chi connectivity index (χ4v) is 2.39. The SMILES string of the molecule is COC(=O)c1ccccc1Oc1ccc(OC(F)(F)F)cc1/C=C/C(=O)OC(C)(C)C. The van der Waals surface area contributed by atoms with Gasteiger partial charge in [-0.1, -0.05) is 12.1 Å². The average Bonchev–Trinajstić information content (AvgIpc) is 2.65. The van der Waals surface area contributed by atoms with Crippen molar-refractivity contribution in [2.75, 3.05) is 7.11 Å². The van der Waals surface area contributed by atoms with Gasteiger partial charge in [-0.05, 0) is 57.2 Å². The fraction of sp³-hybridized carbons (Fsp3) is 0.273. The molecule has 0 aliphatic rings. The lowest BCUT2D eigenvalue weighted by molar-refractivity contribution is -0.274. The molecular weight excluding hydrogens is 417 g/mol. The molecule has 0 aliphatic carbocycles. The molecule has 2 rings (SSSR count). The Hall–Kier alpha value is -3.49. The minimum atomic E-state index is -4.90. The van der Waals surface area contributed by atoms with Crippen LogP contribution < -0.4 is 9.47 Å². The summed E-state index contributed by atoms with van der Waals surface area (Å²) in [6, 6.07) is 9.50. The van der Waals surface area contributed by atoms with Crippen LogP contribution in [-0.2, 0) is 14.3 Å². The number of carbonyl (C=O) groups is 2. The van der Waals surface area contributed by atoms with E-state index < -0.39 is 29.7 Å². The molecule has 0 aromatic heterocycles. The first-order chi connectivity index (χ1) is 14.4. The first kappa shape index (κ1) is 23.8. The fourth-order valence-electron chi connectivity index (χ4n) is 2.39. The normalized spacial score (nSPS) is 11.8. The zero-order valence-corrected chi connectivity index (χ0v) is 17.3. The maximum absolute atomic E-state index is 12.6. The van der Waals surface area contributed by atoms with Gasteiger partial charge in [-0.25, -0.2) is 9.59 Å². The van der Waals surface area contributed by atoms with Crippen LogP contribution in [0.3, 0.4) is 0 Å². The Kier molecular flexibility index (Phi) is 7.32. The summed E-state index contributed by atoms with van der Waals surface area (Å²) in [6.45, 7) is 5.03. The number of para-hydroxylation sites is 1. The van der Waals surface area contributed by atoms with Gasteiger partial charge in [-0.3, -0.25) is 0 Å². The van der Waals surface area contributed by atoms with Gasteiger partial charge in [-0.2, -0.15) is 0 Å². The first-order valence-corrected chi connectivity index (χ1v) is 9.04. The zero-order chi connectivity index (χ0) is 23.2. The molecule has 0 unspecified atom stereocenters. The predicted molar refractivity (Wildman–Crippen MR) is 106 cm³/mol. The van der Waals surface area contributed by atoms with Crippen molar-refractivity contribution in [2.24, 2.45) is 0 Å². The predicted octanol–water partition coefficient (Wildman–Crippen LogP) is 5.52. The molecule has 2 aromatic carbocycles. The van der Waals surface area contributed by atoms with Crippen molar-refractivity contribution >= 4 is 18.0 Å². The minimum Gasteiger partial charge on any atom is -0.465 e. The third-order valence-electron chi connectivity index (χ3n) is 3.53. The van der Waals surface area contributed by atoms with E-state index in [1.54, 1.807) is 32.9 Å². The topological polar surface area (TPSA) is 71.1 Å². The third kappa shape index (κ3) is 7.69. The summed E-state index contributed by atoms with van der Waals surface area (Å²) >= 11 is 0. The smallest absolute Gasteiger partial charge is 0.465 e. The molecule has 166 valence electrons. The number of esters is 2. The number of hydrogen-bond acceptors (Lipinski definition) is 6. The summed E-state index contributed by atoms with van der Waals surface area (Å²) in [5.74, 6) is -1.67. The lowest BCUT2D eigenvalue weighted by Gasteiger charge is -2.18. The lowest BCUT2D eigenvalue weighted by Crippen LogP contribution is -2.22. The van der Waals surface area contributed by atoms with Gasteiger partial charge in [-0.15, -0.1) is 13.2 Å². The van der Waals surface area contributed by atoms with Gasteiger partial charge in [0.15, 0.2) is 0 Å². The van der Waals surface area contributed by atoms with Gasteiger partial charge in [0.05, 0.1) is 7.11 Å². The largest absolute Gasteiger partial charge is 0.573 e. The van der Waals surface area contributed by atoms with Crippen LogP contribution in [0.4, 0.5) is 13.2 Å². The number of halogens is 3. The van der Waals surface area contributed by atoms with E-state index in [-0.39, 0.29) is 22.6 Å². The molecule has 9 heteroatoms. The quantitative estimate of drug-likeness (QED) is 0.437. The molecule has 2 aromatic rings. The molecule has 0 radical (unpaired) electrons. The average molecular weight is 438 g/mol. The summed E-state index contributed by atoms with van der Waals surface area (Å²) in [5, 5.41) is 0. The van der Waals surface area contributed by atoms with Crippen LogP contribution >= 0.6 is 0 Å². The number of alkyl halides is 3. The van der Waals surface area contributed by atoms with Crippen molar-refractivity contribution in [3.05, 3.63) is 59.7 Å². The van der Waals surface area contributed by atoms with Crippen LogP contribution in [0.1, 0.15) is 36.7 Å². The molecule has 0 amide bonds. The van der Waals surface area contributed by atoms with Gasteiger partial charge in [0.25, 0.3) is 0 Å². The van der Waals surface area contributed by atoms with E-state index in [0.717, 1.165) is 18.2 Å². The van der Waals surface area contributed by atoms with Gasteiger partial charge < -0.3 is 18.9 Å². The van der Waals surface area contributed by atoms with Crippen LogP contribution in [0.15, 0.2) is 48.5 Å². The highest BCUT2D eigenvalue weighted by Gasteiger charge is 2.31. The number of methoxy groups -OCH3 is 1. The molecule has 0 spiro atoms. The van der Waals surface area contributed by atoms with Gasteiger partial charge >= 0.3 is 18.3 Å². The van der Waals surface area contributed by atoms with E-state index >= 15 is 0 Å². The van der Waals surface area contributed by atoms with Crippen LogP contribution in [0.5, 0.6) is 17.2 Å². The lowest BCUT2D eigenvalue weighted by atomic mass is 10.1. The maximum Gasteiger partial charge on any atom is 0.573 e. The Balaban J connectivity index is 2.42. The molecule has 0 saturated carbocycles. The number of carbonyl (C=O) groups excluding carboxylic acids is 2. The highest BCUT2D eigenvalue weighted by Crippen LogP contribution is 2.33. The van der Waals surface area contributed by atoms with Crippen molar-refractivity contribution in [2.45, 2.75) is 32.7 Å². The Labute approximate surface area is 177 Å². The number of ether oxygens (including phenoxy) is 4. The van der Waals surface area contributed by atoms with Crippen LogP contribution in [-0.4, -0.2) is 31.0 Å². The van der Waals surface area contributed by atoms with Crippen LogP contribution in [0, 0.1) is 0 Å². The van der Waals surface area contributed by atoms with Crippen molar-refractivity contribution in [1.82, 2.24) is 0 Å². The Morgan fingerprint density at radius 3 is 2.26 bits per heavy atom. The third-order valence-corrected chi connectivity index (χ3v) is 3.53. The molecule has 0 atom stereocenters. The summed E-state index contributed by atoms with van der Waals surface area (Å²) in [6.07, 6.45) is -2.61. The second-order valence-electron chi connectivity index (χ2n) is 7.20. The molecular formula is C22H21F3O6. The maximum atomic E-state index is 12.6. The summed E-state index contributed by atoms with van der Waals surface area (Å²) < 4.78 is 57.3. The molecule has 0 N–H and O–H groups in total. The van der Waals surface area contributed by atoms with Crippen molar-refractivity contribution in [3.8, 4) is 17.2 Å². The van der Waals surface area contributed by atoms with E-state index in [1.807, 2.05) is 0 Å². The Morgan fingerprint density at radius 2 is 1.65 bits per heavy atom. The van der Waals surface area contributed by atoms with Crippen LogP contribution in [0.25, 0.3) is 6.08 Å². The standard InChI is InChI=1S/C22H21F3O6/c1-21(2,3)31-19(26)12-9-14-13-15(30-22(23,24)25)10-11-17(14)29-18-8-6-5-7-16(18)20(27)28-4/h5-13H,1-4H3/b12-9+. The monoisotopic (exact) mass is 438 g/mol. The van der Waals surface area contributed by atoms with E-state index in [4.69, 9.17) is 14.2 Å². The molecule has 0 bridgehead atoms. The molecule has 0 heterocycles.